The molecule has 1 aromatic heterocycles. The van der Waals surface area contributed by atoms with Crippen molar-refractivity contribution < 1.29 is 9.47 Å². The lowest BCUT2D eigenvalue weighted by atomic mass is 10.0. The summed E-state index contributed by atoms with van der Waals surface area (Å²) in [6.07, 6.45) is 0. The molecule has 2 N–H and O–H groups in total. The van der Waals surface area contributed by atoms with Gasteiger partial charge in [0.05, 0.1) is 12.1 Å². The lowest BCUT2D eigenvalue weighted by Crippen LogP contribution is -2.39. The number of H-pyrrole nitrogens is 1. The topological polar surface area (TPSA) is 66.6 Å². The summed E-state index contributed by atoms with van der Waals surface area (Å²) < 4.78 is 10.9. The van der Waals surface area contributed by atoms with Crippen molar-refractivity contribution in [2.45, 2.75) is 33.9 Å². The zero-order valence-corrected chi connectivity index (χ0v) is 18.2. The molecule has 0 radical (unpaired) electrons. The number of nitrogens with one attached hydrogen (secondary N) is 2. The van der Waals surface area contributed by atoms with Crippen LogP contribution >= 0.6 is 12.2 Å². The number of aromatic nitrogens is 1. The Morgan fingerprint density at radius 2 is 1.87 bits per heavy atom. The quantitative estimate of drug-likeness (QED) is 0.609. The number of thiocarbonyl (C=S) groups is 1. The van der Waals surface area contributed by atoms with Crippen molar-refractivity contribution in [1.29, 1.82) is 0 Å². The van der Waals surface area contributed by atoms with Crippen molar-refractivity contribution in [3.63, 3.8) is 0 Å². The van der Waals surface area contributed by atoms with E-state index in [2.05, 4.69) is 23.3 Å². The predicted molar refractivity (Wildman–Crippen MR) is 122 cm³/mol. The third-order valence-electron chi connectivity index (χ3n) is 5.31. The van der Waals surface area contributed by atoms with Gasteiger partial charge in [-0.2, -0.15) is 0 Å². The fraction of sp³-hybridized carbons (Fsp3) is 0.304. The minimum atomic E-state index is -0.0915. The lowest BCUT2D eigenvalue weighted by Gasteiger charge is -2.26. The smallest absolute Gasteiger partial charge is 0.253 e. The Hall–Kier alpha value is -3.06. The Bertz CT molecular complexity index is 1170. The number of fused-ring (bicyclic) bond motifs is 2. The van der Waals surface area contributed by atoms with Crippen molar-refractivity contribution >= 4 is 28.2 Å². The van der Waals surface area contributed by atoms with E-state index in [0.717, 1.165) is 39.1 Å². The summed E-state index contributed by atoms with van der Waals surface area (Å²) in [6.45, 7) is 7.96. The Labute approximate surface area is 180 Å². The van der Waals surface area contributed by atoms with Gasteiger partial charge in [-0.3, -0.25) is 4.79 Å². The molecule has 0 fully saturated rings. The highest BCUT2D eigenvalue weighted by Crippen LogP contribution is 2.33. The molecule has 7 heteroatoms. The predicted octanol–water partition coefficient (Wildman–Crippen LogP) is 3.77. The van der Waals surface area contributed by atoms with Crippen LogP contribution < -0.4 is 20.3 Å². The lowest BCUT2D eigenvalue weighted by molar-refractivity contribution is 0.174. The standard InChI is InChI=1S/C23H25N3O3S/c1-4-24-23(30)26(11-16-7-8-19-20(9-16)29-13-28-19)12-17-10-18-14(2)5-6-15(3)21(18)25-22(17)27/h5-10H,4,11-13H2,1-3H3,(H,24,30)(H,25,27). The molecular weight excluding hydrogens is 398 g/mol. The van der Waals surface area contributed by atoms with E-state index in [0.29, 0.717) is 30.3 Å². The van der Waals surface area contributed by atoms with Crippen LogP contribution in [-0.2, 0) is 13.1 Å². The SMILES string of the molecule is CCNC(=S)N(Cc1ccc2c(c1)OCO2)Cc1cc2c(C)ccc(C)c2[nH]c1=O. The van der Waals surface area contributed by atoms with Crippen LogP contribution in [0.3, 0.4) is 0 Å². The molecule has 1 aliphatic heterocycles. The fourth-order valence-electron chi connectivity index (χ4n) is 3.66. The van der Waals surface area contributed by atoms with Gasteiger partial charge in [-0.1, -0.05) is 18.2 Å². The van der Waals surface area contributed by atoms with E-state index < -0.39 is 0 Å². The molecule has 2 aromatic carbocycles. The molecule has 0 saturated heterocycles. The van der Waals surface area contributed by atoms with Gasteiger partial charge in [-0.25, -0.2) is 0 Å². The average Bonchev–Trinajstić information content (AvgIpc) is 3.19. The third-order valence-corrected chi connectivity index (χ3v) is 5.71. The number of benzene rings is 2. The van der Waals surface area contributed by atoms with E-state index in [1.807, 2.05) is 49.1 Å². The Kier molecular flexibility index (Phi) is 5.63. The number of nitrogens with zero attached hydrogens (tertiary/aromatic N) is 1. The first kappa shape index (κ1) is 20.2. The molecular formula is C23H25N3O3S. The molecule has 0 saturated carbocycles. The van der Waals surface area contributed by atoms with Crippen molar-refractivity contribution in [3.8, 4) is 11.5 Å². The molecule has 4 rings (SSSR count). The van der Waals surface area contributed by atoms with Crippen molar-refractivity contribution in [1.82, 2.24) is 15.2 Å². The van der Waals surface area contributed by atoms with Gasteiger partial charge < -0.3 is 24.7 Å². The van der Waals surface area contributed by atoms with E-state index in [1.165, 1.54) is 0 Å². The fourth-order valence-corrected chi connectivity index (χ4v) is 3.94. The van der Waals surface area contributed by atoms with Gasteiger partial charge in [0.1, 0.15) is 0 Å². The van der Waals surface area contributed by atoms with Gasteiger partial charge in [0.15, 0.2) is 16.6 Å². The number of pyridine rings is 1. The highest BCUT2D eigenvalue weighted by Gasteiger charge is 2.18. The Balaban J connectivity index is 1.67. The van der Waals surface area contributed by atoms with Crippen LogP contribution in [0.4, 0.5) is 0 Å². The van der Waals surface area contributed by atoms with E-state index in [9.17, 15) is 4.79 Å². The van der Waals surface area contributed by atoms with Crippen LogP contribution in [0.2, 0.25) is 0 Å². The number of aromatic amines is 1. The van der Waals surface area contributed by atoms with E-state index in [4.69, 9.17) is 21.7 Å². The van der Waals surface area contributed by atoms with Gasteiger partial charge >= 0.3 is 0 Å². The summed E-state index contributed by atoms with van der Waals surface area (Å²) in [5, 5.41) is 4.87. The average molecular weight is 424 g/mol. The third kappa shape index (κ3) is 3.98. The summed E-state index contributed by atoms with van der Waals surface area (Å²) in [5.74, 6) is 1.48. The van der Waals surface area contributed by atoms with Gasteiger partial charge in [0.2, 0.25) is 6.79 Å². The molecule has 0 spiro atoms. The molecule has 0 amide bonds. The maximum atomic E-state index is 12.8. The number of aryl methyl sites for hydroxylation is 2. The van der Waals surface area contributed by atoms with Gasteiger partial charge in [0.25, 0.3) is 5.56 Å². The molecule has 3 aromatic rings. The first-order valence-electron chi connectivity index (χ1n) is 9.99. The van der Waals surface area contributed by atoms with Crippen LogP contribution in [0.15, 0.2) is 41.2 Å². The molecule has 2 heterocycles. The van der Waals surface area contributed by atoms with Crippen LogP contribution in [0.1, 0.15) is 29.2 Å². The molecule has 156 valence electrons. The highest BCUT2D eigenvalue weighted by molar-refractivity contribution is 7.80. The molecule has 30 heavy (non-hydrogen) atoms. The maximum Gasteiger partial charge on any atom is 0.253 e. The molecule has 0 aliphatic carbocycles. The normalized spacial score (nSPS) is 12.2. The monoisotopic (exact) mass is 423 g/mol. The number of hydrogen-bond acceptors (Lipinski definition) is 4. The second kappa shape index (κ2) is 8.36. The molecule has 6 nitrogen and oxygen atoms in total. The summed E-state index contributed by atoms with van der Waals surface area (Å²) in [5.41, 5.74) is 4.69. The zero-order valence-electron chi connectivity index (χ0n) is 17.4. The number of rotatable bonds is 5. The number of hydrogen-bond donors (Lipinski definition) is 2. The second-order valence-electron chi connectivity index (χ2n) is 7.49. The number of ether oxygens (including phenoxy) is 2. The van der Waals surface area contributed by atoms with Crippen LogP contribution in [0, 0.1) is 13.8 Å². The minimum absolute atomic E-state index is 0.0915. The van der Waals surface area contributed by atoms with E-state index in [1.54, 1.807) is 0 Å². The summed E-state index contributed by atoms with van der Waals surface area (Å²) in [6, 6.07) is 11.9. The summed E-state index contributed by atoms with van der Waals surface area (Å²) in [7, 11) is 0. The van der Waals surface area contributed by atoms with Crippen LogP contribution in [0.25, 0.3) is 10.9 Å². The highest BCUT2D eigenvalue weighted by atomic mass is 32.1. The Morgan fingerprint density at radius 3 is 2.67 bits per heavy atom. The molecule has 0 bridgehead atoms. The zero-order chi connectivity index (χ0) is 21.3. The first-order valence-corrected chi connectivity index (χ1v) is 10.4. The minimum Gasteiger partial charge on any atom is -0.454 e. The van der Waals surface area contributed by atoms with E-state index >= 15 is 0 Å². The maximum absolute atomic E-state index is 12.8. The van der Waals surface area contributed by atoms with Gasteiger partial charge in [0, 0.05) is 24.0 Å². The van der Waals surface area contributed by atoms with Crippen molar-refractivity contribution in [3.05, 3.63) is 69.0 Å². The van der Waals surface area contributed by atoms with Crippen molar-refractivity contribution in [2.24, 2.45) is 0 Å². The summed E-state index contributed by atoms with van der Waals surface area (Å²) >= 11 is 5.60. The summed E-state index contributed by atoms with van der Waals surface area (Å²) in [4.78, 5) is 17.9. The first-order chi connectivity index (χ1) is 14.5. The molecule has 0 atom stereocenters. The van der Waals surface area contributed by atoms with Crippen molar-refractivity contribution in [2.75, 3.05) is 13.3 Å². The van der Waals surface area contributed by atoms with Crippen LogP contribution in [-0.4, -0.2) is 28.3 Å². The Morgan fingerprint density at radius 1 is 1.10 bits per heavy atom. The van der Waals surface area contributed by atoms with E-state index in [-0.39, 0.29) is 12.4 Å². The van der Waals surface area contributed by atoms with Gasteiger partial charge in [-0.15, -0.1) is 0 Å². The molecule has 0 unspecified atom stereocenters. The van der Waals surface area contributed by atoms with Gasteiger partial charge in [-0.05, 0) is 67.9 Å². The largest absolute Gasteiger partial charge is 0.454 e. The second-order valence-corrected chi connectivity index (χ2v) is 7.88. The van der Waals surface area contributed by atoms with Crippen LogP contribution in [0.5, 0.6) is 11.5 Å². The molecule has 1 aliphatic rings.